The minimum Gasteiger partial charge on any atom is -0.494 e. The number of thiazole rings is 1. The van der Waals surface area contributed by atoms with E-state index in [1.54, 1.807) is 6.07 Å². The Morgan fingerprint density at radius 1 is 1.53 bits per heavy atom. The van der Waals surface area contributed by atoms with Crippen LogP contribution in [0.25, 0.3) is 10.2 Å². The molecule has 0 saturated carbocycles. The number of aromatic carboxylic acids is 1. The van der Waals surface area contributed by atoms with Crippen molar-refractivity contribution in [3.63, 3.8) is 0 Å². The predicted molar refractivity (Wildman–Crippen MR) is 57.9 cm³/mol. The van der Waals surface area contributed by atoms with E-state index in [1.807, 2.05) is 6.92 Å². The number of methoxy groups -OCH3 is 1. The van der Waals surface area contributed by atoms with Crippen molar-refractivity contribution in [2.24, 2.45) is 0 Å². The van der Waals surface area contributed by atoms with Crippen LogP contribution in [0.2, 0.25) is 0 Å². The number of benzene rings is 1. The van der Waals surface area contributed by atoms with E-state index < -0.39 is 5.97 Å². The monoisotopic (exact) mass is 223 g/mol. The molecule has 0 aliphatic rings. The van der Waals surface area contributed by atoms with Crippen LogP contribution < -0.4 is 4.74 Å². The summed E-state index contributed by atoms with van der Waals surface area (Å²) in [7, 11) is 1.51. The summed E-state index contributed by atoms with van der Waals surface area (Å²) in [6.07, 6.45) is 0. The second kappa shape index (κ2) is 3.51. The number of aromatic nitrogens is 1. The molecule has 0 aliphatic heterocycles. The van der Waals surface area contributed by atoms with Crippen LogP contribution in [-0.2, 0) is 0 Å². The molecule has 0 atom stereocenters. The Labute approximate surface area is 90.1 Å². The number of carbonyl (C=O) groups is 1. The molecule has 2 aromatic rings. The average Bonchev–Trinajstić information content (AvgIpc) is 2.56. The first-order chi connectivity index (χ1) is 7.11. The molecule has 1 N–H and O–H groups in total. The highest BCUT2D eigenvalue weighted by molar-refractivity contribution is 7.18. The van der Waals surface area contributed by atoms with Crippen molar-refractivity contribution >= 4 is 27.5 Å². The Hall–Kier alpha value is -1.62. The van der Waals surface area contributed by atoms with E-state index in [9.17, 15) is 4.79 Å². The van der Waals surface area contributed by atoms with Crippen molar-refractivity contribution in [3.05, 3.63) is 22.7 Å². The smallest absolute Gasteiger partial charge is 0.335 e. The molecule has 5 heteroatoms. The Bertz CT molecular complexity index is 533. The number of aryl methyl sites for hydroxylation is 1. The minimum atomic E-state index is -0.957. The summed E-state index contributed by atoms with van der Waals surface area (Å²) < 4.78 is 5.95. The fraction of sp³-hybridized carbons (Fsp3) is 0.200. The molecule has 15 heavy (non-hydrogen) atoms. The van der Waals surface area contributed by atoms with Gasteiger partial charge in [-0.15, -0.1) is 11.3 Å². The maximum absolute atomic E-state index is 10.8. The molecular weight excluding hydrogens is 214 g/mol. The van der Waals surface area contributed by atoms with Gasteiger partial charge in [-0.1, -0.05) is 0 Å². The second-order valence-corrected chi connectivity index (χ2v) is 4.30. The second-order valence-electron chi connectivity index (χ2n) is 3.06. The molecule has 0 amide bonds. The summed E-state index contributed by atoms with van der Waals surface area (Å²) in [6, 6.07) is 3.11. The van der Waals surface area contributed by atoms with Gasteiger partial charge >= 0.3 is 5.97 Å². The molecule has 0 radical (unpaired) electrons. The van der Waals surface area contributed by atoms with Gasteiger partial charge in [0.05, 0.1) is 22.4 Å². The number of carboxylic acids is 1. The molecule has 0 spiro atoms. The van der Waals surface area contributed by atoms with Crippen molar-refractivity contribution in [1.82, 2.24) is 4.98 Å². The zero-order valence-electron chi connectivity index (χ0n) is 8.27. The normalized spacial score (nSPS) is 10.5. The highest BCUT2D eigenvalue weighted by Crippen LogP contribution is 2.31. The van der Waals surface area contributed by atoms with Gasteiger partial charge in [-0.2, -0.15) is 0 Å². The van der Waals surface area contributed by atoms with Gasteiger partial charge < -0.3 is 9.84 Å². The van der Waals surface area contributed by atoms with Crippen LogP contribution in [-0.4, -0.2) is 23.2 Å². The van der Waals surface area contributed by atoms with Crippen molar-refractivity contribution < 1.29 is 14.6 Å². The number of nitrogens with zero attached hydrogens (tertiary/aromatic N) is 1. The maximum atomic E-state index is 10.8. The third-order valence-corrected chi connectivity index (χ3v) is 2.95. The van der Waals surface area contributed by atoms with Crippen molar-refractivity contribution in [3.8, 4) is 5.75 Å². The van der Waals surface area contributed by atoms with Gasteiger partial charge in [-0.05, 0) is 19.1 Å². The fourth-order valence-electron chi connectivity index (χ4n) is 1.39. The third-order valence-electron chi connectivity index (χ3n) is 2.03. The molecule has 0 fully saturated rings. The van der Waals surface area contributed by atoms with E-state index in [1.165, 1.54) is 24.5 Å². The van der Waals surface area contributed by atoms with Crippen LogP contribution in [0.15, 0.2) is 12.1 Å². The lowest BCUT2D eigenvalue weighted by Gasteiger charge is -2.01. The first-order valence-corrected chi connectivity index (χ1v) is 5.12. The highest BCUT2D eigenvalue weighted by atomic mass is 32.1. The number of fused-ring (bicyclic) bond motifs is 1. The lowest BCUT2D eigenvalue weighted by Crippen LogP contribution is -1.97. The van der Waals surface area contributed by atoms with Crippen LogP contribution in [0.5, 0.6) is 5.75 Å². The molecule has 2 rings (SSSR count). The van der Waals surface area contributed by atoms with Gasteiger partial charge in [0.25, 0.3) is 0 Å². The summed E-state index contributed by atoms with van der Waals surface area (Å²) in [5, 5.41) is 9.79. The lowest BCUT2D eigenvalue weighted by molar-refractivity contribution is 0.0696. The number of hydrogen-bond acceptors (Lipinski definition) is 4. The van der Waals surface area contributed by atoms with E-state index >= 15 is 0 Å². The molecule has 1 aromatic heterocycles. The van der Waals surface area contributed by atoms with E-state index in [-0.39, 0.29) is 5.56 Å². The summed E-state index contributed by atoms with van der Waals surface area (Å²) in [5.74, 6) is -0.449. The third kappa shape index (κ3) is 1.66. The van der Waals surface area contributed by atoms with E-state index in [4.69, 9.17) is 9.84 Å². The Kier molecular flexibility index (Phi) is 2.32. The molecule has 0 bridgehead atoms. The van der Waals surface area contributed by atoms with Gasteiger partial charge in [0.2, 0.25) is 0 Å². The fourth-order valence-corrected chi connectivity index (χ4v) is 2.27. The molecule has 0 unspecified atom stereocenters. The summed E-state index contributed by atoms with van der Waals surface area (Å²) in [4.78, 5) is 15.1. The first kappa shape index (κ1) is 9.92. The van der Waals surface area contributed by atoms with Gasteiger partial charge in [-0.3, -0.25) is 0 Å². The van der Waals surface area contributed by atoms with E-state index in [2.05, 4.69) is 4.98 Å². The van der Waals surface area contributed by atoms with Crippen LogP contribution in [0.4, 0.5) is 0 Å². The zero-order chi connectivity index (χ0) is 11.0. The van der Waals surface area contributed by atoms with Crippen LogP contribution in [0.3, 0.4) is 0 Å². The molecular formula is C10H9NO3S. The van der Waals surface area contributed by atoms with Crippen molar-refractivity contribution in [2.75, 3.05) is 7.11 Å². The quantitative estimate of drug-likeness (QED) is 0.848. The number of hydrogen-bond donors (Lipinski definition) is 1. The lowest BCUT2D eigenvalue weighted by atomic mass is 10.2. The number of rotatable bonds is 2. The van der Waals surface area contributed by atoms with Crippen molar-refractivity contribution in [2.45, 2.75) is 6.92 Å². The number of ether oxygens (including phenoxy) is 1. The van der Waals surface area contributed by atoms with Crippen LogP contribution in [0.1, 0.15) is 15.4 Å². The van der Waals surface area contributed by atoms with Crippen molar-refractivity contribution in [1.29, 1.82) is 0 Å². The summed E-state index contributed by atoms with van der Waals surface area (Å²) in [6.45, 7) is 1.88. The highest BCUT2D eigenvalue weighted by Gasteiger charge is 2.12. The largest absolute Gasteiger partial charge is 0.494 e. The molecule has 0 aliphatic carbocycles. The van der Waals surface area contributed by atoms with Gasteiger partial charge in [-0.25, -0.2) is 9.78 Å². The topological polar surface area (TPSA) is 59.4 Å². The first-order valence-electron chi connectivity index (χ1n) is 4.30. The number of carboxylic acid groups (broad SMARTS) is 1. The Balaban J connectivity index is 2.76. The summed E-state index contributed by atoms with van der Waals surface area (Å²) in [5.41, 5.74) is 0.952. The van der Waals surface area contributed by atoms with Gasteiger partial charge in [0.1, 0.15) is 11.3 Å². The van der Waals surface area contributed by atoms with E-state index in [0.717, 1.165) is 15.2 Å². The minimum absolute atomic E-state index is 0.225. The molecule has 0 saturated heterocycles. The zero-order valence-corrected chi connectivity index (χ0v) is 9.09. The Morgan fingerprint density at radius 3 is 2.87 bits per heavy atom. The van der Waals surface area contributed by atoms with E-state index in [0.29, 0.717) is 5.75 Å². The van der Waals surface area contributed by atoms with Crippen LogP contribution in [0, 0.1) is 6.92 Å². The molecule has 1 aromatic carbocycles. The molecule has 78 valence electrons. The molecule has 4 nitrogen and oxygen atoms in total. The summed E-state index contributed by atoms with van der Waals surface area (Å²) >= 11 is 1.46. The SMILES string of the molecule is COc1cc(C(=O)O)cc2sc(C)nc12. The molecule has 1 heterocycles. The van der Waals surface area contributed by atoms with Crippen LogP contribution >= 0.6 is 11.3 Å². The van der Waals surface area contributed by atoms with Gasteiger partial charge in [0, 0.05) is 0 Å². The Morgan fingerprint density at radius 2 is 2.27 bits per heavy atom. The van der Waals surface area contributed by atoms with Gasteiger partial charge in [0.15, 0.2) is 0 Å². The average molecular weight is 223 g/mol. The standard InChI is InChI=1S/C10H9NO3S/c1-5-11-9-7(14-2)3-6(10(12)13)4-8(9)15-5/h3-4H,1-2H3,(H,12,13). The maximum Gasteiger partial charge on any atom is 0.335 e. The predicted octanol–water partition coefficient (Wildman–Crippen LogP) is 2.31.